The van der Waals surface area contributed by atoms with Gasteiger partial charge in [0.2, 0.25) is 5.91 Å². The third-order valence-electron chi connectivity index (χ3n) is 3.51. The van der Waals surface area contributed by atoms with Crippen molar-refractivity contribution in [3.8, 4) is 11.3 Å². The van der Waals surface area contributed by atoms with Gasteiger partial charge in [-0.1, -0.05) is 0 Å². The van der Waals surface area contributed by atoms with Crippen LogP contribution in [0.5, 0.6) is 0 Å². The zero-order valence-corrected chi connectivity index (χ0v) is 10.1. The van der Waals surface area contributed by atoms with Crippen LogP contribution in [0.15, 0.2) is 45.9 Å². The number of amides is 1. The number of rotatable bonds is 3. The average molecular weight is 256 g/mol. The summed E-state index contributed by atoms with van der Waals surface area (Å²) in [5.74, 6) is -0.0314. The summed E-state index contributed by atoms with van der Waals surface area (Å²) in [7, 11) is 0. The predicted octanol–water partition coefficient (Wildman–Crippen LogP) is 1.22. The van der Waals surface area contributed by atoms with Crippen LogP contribution in [0, 0.1) is 0 Å². The fourth-order valence-corrected chi connectivity index (χ4v) is 2.21. The minimum absolute atomic E-state index is 0.354. The summed E-state index contributed by atoms with van der Waals surface area (Å²) >= 11 is 0. The Hall–Kier alpha value is -2.43. The van der Waals surface area contributed by atoms with Crippen molar-refractivity contribution in [2.45, 2.75) is 18.3 Å². The summed E-state index contributed by atoms with van der Waals surface area (Å²) in [6.07, 6.45) is 4.47. The van der Waals surface area contributed by atoms with Crippen LogP contribution >= 0.6 is 0 Å². The number of nitrogens with two attached hydrogens (primary N) is 1. The van der Waals surface area contributed by atoms with E-state index in [0.717, 1.165) is 5.56 Å². The molecule has 1 amide bonds. The van der Waals surface area contributed by atoms with E-state index < -0.39 is 16.9 Å². The molecule has 1 fully saturated rings. The zero-order chi connectivity index (χ0) is 13.5. The lowest BCUT2D eigenvalue weighted by Crippen LogP contribution is -2.32. The van der Waals surface area contributed by atoms with Crippen molar-refractivity contribution < 1.29 is 9.21 Å². The van der Waals surface area contributed by atoms with Crippen LogP contribution in [0.4, 0.5) is 0 Å². The molecular weight excluding hydrogens is 244 g/mol. The molecule has 2 aromatic heterocycles. The molecule has 0 bridgehead atoms. The van der Waals surface area contributed by atoms with Crippen molar-refractivity contribution in [3.63, 3.8) is 0 Å². The quantitative estimate of drug-likeness (QED) is 0.894. The number of primary amides is 1. The van der Waals surface area contributed by atoms with E-state index in [1.807, 2.05) is 0 Å². The number of carbonyl (C=O) groups excluding carboxylic acids is 1. The molecule has 0 unspecified atom stereocenters. The minimum Gasteiger partial charge on any atom is -0.422 e. The highest BCUT2D eigenvalue weighted by Gasteiger charge is 2.52. The molecule has 1 saturated carbocycles. The van der Waals surface area contributed by atoms with Gasteiger partial charge in [0.15, 0.2) is 0 Å². The Morgan fingerprint density at radius 1 is 1.32 bits per heavy atom. The molecule has 1 aliphatic rings. The highest BCUT2D eigenvalue weighted by Crippen LogP contribution is 2.46. The second-order valence-electron chi connectivity index (χ2n) is 4.69. The summed E-state index contributed by atoms with van der Waals surface area (Å²) < 4.78 is 5.27. The lowest BCUT2D eigenvalue weighted by molar-refractivity contribution is -0.120. The standard InChI is InChI=1S/C14H12N2O3/c15-13(18)14(5-6-14)10-3-4-11(19-12(10)17)9-2-1-7-16-8-9/h1-4,7-8H,5-6H2,(H2,15,18). The lowest BCUT2D eigenvalue weighted by atomic mass is 9.97. The first kappa shape index (κ1) is 11.6. The molecule has 0 radical (unpaired) electrons. The van der Waals surface area contributed by atoms with Crippen molar-refractivity contribution >= 4 is 5.91 Å². The van der Waals surface area contributed by atoms with Gasteiger partial charge in [-0.15, -0.1) is 0 Å². The summed E-state index contributed by atoms with van der Waals surface area (Å²) in [4.78, 5) is 27.4. The Labute approximate surface area is 109 Å². The molecule has 0 saturated heterocycles. The number of aromatic nitrogens is 1. The Balaban J connectivity index is 2.05. The maximum Gasteiger partial charge on any atom is 0.340 e. The van der Waals surface area contributed by atoms with Crippen LogP contribution in [0.25, 0.3) is 11.3 Å². The predicted molar refractivity (Wildman–Crippen MR) is 68.3 cm³/mol. The highest BCUT2D eigenvalue weighted by molar-refractivity contribution is 5.89. The monoisotopic (exact) mass is 256 g/mol. The third kappa shape index (κ3) is 1.83. The van der Waals surface area contributed by atoms with Crippen molar-refractivity contribution in [2.24, 2.45) is 5.73 Å². The molecule has 0 spiro atoms. The highest BCUT2D eigenvalue weighted by atomic mass is 16.4. The number of pyridine rings is 1. The SMILES string of the molecule is NC(=O)C1(c2ccc(-c3cccnc3)oc2=O)CC1. The molecule has 0 atom stereocenters. The van der Waals surface area contributed by atoms with Crippen LogP contribution < -0.4 is 11.4 Å². The fourth-order valence-electron chi connectivity index (χ4n) is 2.21. The van der Waals surface area contributed by atoms with Crippen LogP contribution in [-0.2, 0) is 10.2 Å². The normalized spacial score (nSPS) is 16.0. The maximum atomic E-state index is 12.0. The van der Waals surface area contributed by atoms with E-state index in [1.165, 1.54) is 0 Å². The van der Waals surface area contributed by atoms with Crippen LogP contribution in [0.2, 0.25) is 0 Å². The van der Waals surface area contributed by atoms with Crippen LogP contribution in [-0.4, -0.2) is 10.9 Å². The Kier molecular flexibility index (Phi) is 2.48. The molecule has 0 aliphatic heterocycles. The van der Waals surface area contributed by atoms with E-state index in [2.05, 4.69) is 4.98 Å². The zero-order valence-electron chi connectivity index (χ0n) is 10.1. The smallest absolute Gasteiger partial charge is 0.340 e. The Bertz CT molecular complexity index is 687. The Morgan fingerprint density at radius 3 is 2.63 bits per heavy atom. The maximum absolute atomic E-state index is 12.0. The van der Waals surface area contributed by atoms with E-state index in [4.69, 9.17) is 10.2 Å². The van der Waals surface area contributed by atoms with Crippen molar-refractivity contribution in [1.82, 2.24) is 4.98 Å². The summed E-state index contributed by atoms with van der Waals surface area (Å²) in [5, 5.41) is 0. The largest absolute Gasteiger partial charge is 0.422 e. The molecule has 5 heteroatoms. The molecule has 2 aromatic rings. The Morgan fingerprint density at radius 2 is 2.11 bits per heavy atom. The van der Waals surface area contributed by atoms with Gasteiger partial charge in [-0.05, 0) is 37.1 Å². The topological polar surface area (TPSA) is 86.2 Å². The first-order chi connectivity index (χ1) is 9.13. The molecule has 1 aliphatic carbocycles. The van der Waals surface area contributed by atoms with Gasteiger partial charge < -0.3 is 10.2 Å². The van der Waals surface area contributed by atoms with Crippen LogP contribution in [0.1, 0.15) is 18.4 Å². The van der Waals surface area contributed by atoms with Gasteiger partial charge >= 0.3 is 5.63 Å². The average Bonchev–Trinajstić information content (AvgIpc) is 3.21. The van der Waals surface area contributed by atoms with E-state index in [9.17, 15) is 9.59 Å². The number of hydrogen-bond donors (Lipinski definition) is 1. The summed E-state index contributed by atoms with van der Waals surface area (Å²) in [6, 6.07) is 6.86. The minimum atomic E-state index is -0.811. The molecular formula is C14H12N2O3. The van der Waals surface area contributed by atoms with E-state index in [0.29, 0.717) is 24.2 Å². The molecule has 19 heavy (non-hydrogen) atoms. The molecule has 2 heterocycles. The van der Waals surface area contributed by atoms with Gasteiger partial charge in [-0.25, -0.2) is 4.79 Å². The van der Waals surface area contributed by atoms with Gasteiger partial charge in [0.25, 0.3) is 0 Å². The molecule has 0 aromatic carbocycles. The fraction of sp³-hybridized carbons (Fsp3) is 0.214. The van der Waals surface area contributed by atoms with E-state index >= 15 is 0 Å². The van der Waals surface area contributed by atoms with Crippen molar-refractivity contribution in [2.75, 3.05) is 0 Å². The van der Waals surface area contributed by atoms with Gasteiger partial charge in [0.05, 0.1) is 11.0 Å². The van der Waals surface area contributed by atoms with E-state index in [-0.39, 0.29) is 0 Å². The van der Waals surface area contributed by atoms with Gasteiger partial charge in [0, 0.05) is 18.0 Å². The molecule has 5 nitrogen and oxygen atoms in total. The number of carbonyl (C=O) groups is 1. The lowest BCUT2D eigenvalue weighted by Gasteiger charge is -2.09. The number of nitrogens with zero attached hydrogens (tertiary/aromatic N) is 1. The first-order valence-electron chi connectivity index (χ1n) is 5.98. The first-order valence-corrected chi connectivity index (χ1v) is 5.98. The van der Waals surface area contributed by atoms with Gasteiger partial charge in [-0.3, -0.25) is 9.78 Å². The molecule has 96 valence electrons. The number of hydrogen-bond acceptors (Lipinski definition) is 4. The second kappa shape index (κ2) is 4.05. The van der Waals surface area contributed by atoms with Crippen LogP contribution in [0.3, 0.4) is 0 Å². The van der Waals surface area contributed by atoms with Crippen molar-refractivity contribution in [3.05, 3.63) is 52.6 Å². The molecule has 2 N–H and O–H groups in total. The van der Waals surface area contributed by atoms with Gasteiger partial charge in [0.1, 0.15) is 5.76 Å². The summed E-state index contributed by atoms with van der Waals surface area (Å²) in [5.41, 5.74) is 5.11. The summed E-state index contributed by atoms with van der Waals surface area (Å²) in [6.45, 7) is 0. The van der Waals surface area contributed by atoms with Gasteiger partial charge in [-0.2, -0.15) is 0 Å². The third-order valence-corrected chi connectivity index (χ3v) is 3.51. The van der Waals surface area contributed by atoms with E-state index in [1.54, 1.807) is 36.7 Å². The van der Waals surface area contributed by atoms with Crippen molar-refractivity contribution in [1.29, 1.82) is 0 Å². The molecule has 3 rings (SSSR count). The second-order valence-corrected chi connectivity index (χ2v) is 4.69.